The average Bonchev–Trinajstić information content (AvgIpc) is 2.82. The third kappa shape index (κ3) is 8.52. The van der Waals surface area contributed by atoms with Gasteiger partial charge in [-0.2, -0.15) is 5.10 Å². The summed E-state index contributed by atoms with van der Waals surface area (Å²) in [5.74, 6) is -0.546. The van der Waals surface area contributed by atoms with Crippen LogP contribution in [0.2, 0.25) is 0 Å². The lowest BCUT2D eigenvalue weighted by molar-refractivity contribution is -0.139. The number of methoxy groups -OCH3 is 1. The van der Waals surface area contributed by atoms with Crippen molar-refractivity contribution in [2.75, 3.05) is 32.2 Å². The van der Waals surface area contributed by atoms with Gasteiger partial charge in [0, 0.05) is 18.3 Å². The van der Waals surface area contributed by atoms with E-state index in [2.05, 4.69) is 21.2 Å². The monoisotopic (exact) mass is 456 g/mol. The molecule has 2 aromatic carbocycles. The molecule has 0 unspecified atom stereocenters. The molecular weight excluding hydrogens is 428 g/mol. The fourth-order valence-electron chi connectivity index (χ4n) is 2.57. The van der Waals surface area contributed by atoms with Crippen LogP contribution in [-0.2, 0) is 14.4 Å². The molecule has 0 atom stereocenters. The molecule has 0 bridgehead atoms. The zero-order valence-corrected chi connectivity index (χ0v) is 18.8. The third-order valence-corrected chi connectivity index (χ3v) is 4.10. The number of rotatable bonds is 11. The van der Waals surface area contributed by atoms with Gasteiger partial charge in [0.05, 0.1) is 19.9 Å². The van der Waals surface area contributed by atoms with E-state index in [0.717, 1.165) is 6.42 Å². The fraction of sp³-hybridized carbons (Fsp3) is 0.304. The van der Waals surface area contributed by atoms with Crippen molar-refractivity contribution in [1.29, 1.82) is 0 Å². The zero-order valence-electron chi connectivity index (χ0n) is 18.8. The Morgan fingerprint density at radius 2 is 1.82 bits per heavy atom. The number of hydrogen-bond donors (Lipinski definition) is 3. The number of hydrogen-bond acceptors (Lipinski definition) is 7. The summed E-state index contributed by atoms with van der Waals surface area (Å²) >= 11 is 0. The van der Waals surface area contributed by atoms with Crippen LogP contribution in [0, 0.1) is 0 Å². The van der Waals surface area contributed by atoms with Gasteiger partial charge in [0.2, 0.25) is 0 Å². The molecule has 176 valence electrons. The molecule has 0 saturated carbocycles. The second-order valence-electron chi connectivity index (χ2n) is 6.66. The van der Waals surface area contributed by atoms with Crippen molar-refractivity contribution in [3.8, 4) is 17.2 Å². The minimum Gasteiger partial charge on any atom is -0.497 e. The van der Waals surface area contributed by atoms with Crippen LogP contribution in [0.25, 0.3) is 0 Å². The lowest BCUT2D eigenvalue weighted by Crippen LogP contribution is -2.38. The Labute approximate surface area is 192 Å². The van der Waals surface area contributed by atoms with Crippen LogP contribution >= 0.6 is 0 Å². The van der Waals surface area contributed by atoms with E-state index in [1.165, 1.54) is 6.21 Å². The molecule has 0 spiro atoms. The Kier molecular flexibility index (Phi) is 10.2. The summed E-state index contributed by atoms with van der Waals surface area (Å²) in [7, 11) is 1.55. The van der Waals surface area contributed by atoms with Crippen LogP contribution in [0.1, 0.15) is 25.8 Å². The lowest BCUT2D eigenvalue weighted by atomic mass is 10.2. The second-order valence-corrected chi connectivity index (χ2v) is 6.66. The maximum Gasteiger partial charge on any atom is 0.329 e. The highest BCUT2D eigenvalue weighted by Gasteiger charge is 2.12. The van der Waals surface area contributed by atoms with Crippen molar-refractivity contribution < 1.29 is 28.6 Å². The molecule has 0 aliphatic rings. The summed E-state index contributed by atoms with van der Waals surface area (Å²) in [6, 6.07) is 11.9. The molecule has 33 heavy (non-hydrogen) atoms. The predicted molar refractivity (Wildman–Crippen MR) is 124 cm³/mol. The van der Waals surface area contributed by atoms with Crippen LogP contribution in [0.15, 0.2) is 47.6 Å². The molecule has 0 saturated heterocycles. The van der Waals surface area contributed by atoms with Gasteiger partial charge in [-0.25, -0.2) is 5.43 Å². The first-order valence-corrected chi connectivity index (χ1v) is 10.4. The zero-order chi connectivity index (χ0) is 24.1. The first-order valence-electron chi connectivity index (χ1n) is 10.4. The van der Waals surface area contributed by atoms with E-state index >= 15 is 0 Å². The Balaban J connectivity index is 1.96. The van der Waals surface area contributed by atoms with E-state index < -0.39 is 11.8 Å². The third-order valence-electron chi connectivity index (χ3n) is 4.10. The number of anilines is 1. The second kappa shape index (κ2) is 13.4. The van der Waals surface area contributed by atoms with Gasteiger partial charge in [-0.15, -0.1) is 0 Å². The SMILES string of the molecule is CCCNC(=O)C(=O)N/N=C\c1ccc(OCC(=O)Nc2cccc(OC)c2)c(OCC)c1. The van der Waals surface area contributed by atoms with E-state index in [9.17, 15) is 14.4 Å². The van der Waals surface area contributed by atoms with Gasteiger partial charge in [-0.3, -0.25) is 14.4 Å². The number of hydrazone groups is 1. The smallest absolute Gasteiger partial charge is 0.329 e. The molecule has 3 amide bonds. The van der Waals surface area contributed by atoms with Crippen LogP contribution < -0.4 is 30.3 Å². The molecule has 0 aliphatic heterocycles. The molecule has 10 nitrogen and oxygen atoms in total. The van der Waals surface area contributed by atoms with Crippen molar-refractivity contribution in [1.82, 2.24) is 10.7 Å². The van der Waals surface area contributed by atoms with Crippen molar-refractivity contribution in [3.63, 3.8) is 0 Å². The summed E-state index contributed by atoms with van der Waals surface area (Å²) < 4.78 is 16.3. The Morgan fingerprint density at radius 1 is 1.00 bits per heavy atom. The van der Waals surface area contributed by atoms with Crippen molar-refractivity contribution in [2.45, 2.75) is 20.3 Å². The molecule has 0 fully saturated rings. The molecule has 3 N–H and O–H groups in total. The van der Waals surface area contributed by atoms with E-state index in [1.54, 1.807) is 49.6 Å². The van der Waals surface area contributed by atoms with Gasteiger partial charge in [-0.05, 0) is 49.2 Å². The summed E-state index contributed by atoms with van der Waals surface area (Å²) in [6.07, 6.45) is 2.09. The van der Waals surface area contributed by atoms with E-state index in [-0.39, 0.29) is 12.5 Å². The summed E-state index contributed by atoms with van der Waals surface area (Å²) in [6.45, 7) is 4.25. The number of nitrogens with zero attached hydrogens (tertiary/aromatic N) is 1. The Hall–Kier alpha value is -4.08. The van der Waals surface area contributed by atoms with Crippen LogP contribution in [0.5, 0.6) is 17.2 Å². The molecule has 0 aliphatic carbocycles. The molecular formula is C23H28N4O6. The first kappa shape index (κ1) is 25.2. The summed E-state index contributed by atoms with van der Waals surface area (Å²) in [5.41, 5.74) is 3.35. The van der Waals surface area contributed by atoms with Gasteiger partial charge < -0.3 is 24.8 Å². The van der Waals surface area contributed by atoms with Crippen LogP contribution in [0.3, 0.4) is 0 Å². The topological polar surface area (TPSA) is 127 Å². The van der Waals surface area contributed by atoms with E-state index in [4.69, 9.17) is 14.2 Å². The molecule has 2 aromatic rings. The van der Waals surface area contributed by atoms with Gasteiger partial charge in [0.1, 0.15) is 5.75 Å². The quantitative estimate of drug-likeness (QED) is 0.270. The van der Waals surface area contributed by atoms with Crippen molar-refractivity contribution >= 4 is 29.6 Å². The predicted octanol–water partition coefficient (Wildman–Crippen LogP) is 2.09. The molecule has 10 heteroatoms. The van der Waals surface area contributed by atoms with Crippen LogP contribution in [-0.4, -0.2) is 50.8 Å². The van der Waals surface area contributed by atoms with Gasteiger partial charge in [0.25, 0.3) is 5.91 Å². The number of benzene rings is 2. The molecule has 2 rings (SSSR count). The van der Waals surface area contributed by atoms with E-state index in [1.807, 2.05) is 13.8 Å². The maximum absolute atomic E-state index is 12.2. The molecule has 0 aromatic heterocycles. The fourth-order valence-corrected chi connectivity index (χ4v) is 2.57. The largest absolute Gasteiger partial charge is 0.497 e. The van der Waals surface area contributed by atoms with Crippen molar-refractivity contribution in [2.24, 2.45) is 5.10 Å². The minimum absolute atomic E-state index is 0.229. The van der Waals surface area contributed by atoms with Crippen molar-refractivity contribution in [3.05, 3.63) is 48.0 Å². The standard InChI is InChI=1S/C23H28N4O6/c1-4-11-24-22(29)23(30)27-25-14-16-9-10-19(20(12-16)32-5-2)33-15-21(28)26-17-7-6-8-18(13-17)31-3/h6-10,12-14H,4-5,11,15H2,1-3H3,(H,24,29)(H,26,28)(H,27,30)/b25-14-. The number of carbonyl (C=O) groups is 3. The number of amides is 3. The lowest BCUT2D eigenvalue weighted by Gasteiger charge is -2.13. The minimum atomic E-state index is -0.855. The number of carbonyl (C=O) groups excluding carboxylic acids is 3. The highest BCUT2D eigenvalue weighted by Crippen LogP contribution is 2.28. The molecule has 0 radical (unpaired) electrons. The summed E-state index contributed by atoms with van der Waals surface area (Å²) in [4.78, 5) is 35.4. The summed E-state index contributed by atoms with van der Waals surface area (Å²) in [5, 5.41) is 8.97. The van der Waals surface area contributed by atoms with Gasteiger partial charge in [-0.1, -0.05) is 13.0 Å². The van der Waals surface area contributed by atoms with Gasteiger partial charge >= 0.3 is 11.8 Å². The maximum atomic E-state index is 12.2. The average molecular weight is 456 g/mol. The highest BCUT2D eigenvalue weighted by atomic mass is 16.5. The normalized spacial score (nSPS) is 10.4. The Morgan fingerprint density at radius 3 is 2.55 bits per heavy atom. The molecule has 0 heterocycles. The van der Waals surface area contributed by atoms with Crippen LogP contribution in [0.4, 0.5) is 5.69 Å². The first-order chi connectivity index (χ1) is 16.0. The number of nitrogens with one attached hydrogen (secondary N) is 3. The van der Waals surface area contributed by atoms with E-state index in [0.29, 0.717) is 41.7 Å². The Bertz CT molecular complexity index is 993. The number of ether oxygens (including phenoxy) is 3. The highest BCUT2D eigenvalue weighted by molar-refractivity contribution is 6.35. The van der Waals surface area contributed by atoms with Gasteiger partial charge in [0.15, 0.2) is 18.1 Å².